The number of nitrogens with one attached hydrogen (secondary N) is 1. The Morgan fingerprint density at radius 3 is 2.52 bits per heavy atom. The van der Waals surface area contributed by atoms with Gasteiger partial charge in [0.05, 0.1) is 18.2 Å². The molecule has 4 rings (SSSR count). The number of aliphatic hydroxyl groups is 1. The van der Waals surface area contributed by atoms with E-state index in [4.69, 9.17) is 23.2 Å². The first-order chi connectivity index (χ1) is 14.9. The molecule has 0 aromatic heterocycles. The summed E-state index contributed by atoms with van der Waals surface area (Å²) in [5, 5.41) is 14.7. The van der Waals surface area contributed by atoms with Crippen LogP contribution in [0.15, 0.2) is 29.5 Å². The second kappa shape index (κ2) is 10.1. The number of hydrogen-bond donors (Lipinski definition) is 2. The molecule has 0 bridgehead atoms. The van der Waals surface area contributed by atoms with E-state index in [0.717, 1.165) is 49.1 Å². The average Bonchev–Trinajstić information content (AvgIpc) is 3.07. The molecule has 1 amide bonds. The molecule has 31 heavy (non-hydrogen) atoms. The van der Waals surface area contributed by atoms with Crippen molar-refractivity contribution in [3.63, 3.8) is 0 Å². The van der Waals surface area contributed by atoms with Crippen molar-refractivity contribution in [2.45, 2.75) is 89.3 Å². The zero-order chi connectivity index (χ0) is 22.0. The standard InChI is InChI=1S/C25H34Cl2N2O2/c1-16-20(25(31)28-22-9-5-6-10-24(22)30)14-23(19-12-11-18(26)13-21(19)27)29(16)15-17-7-3-2-4-8-17/h11-13,17,22-24,30H,2-10,14-15H2,1H3,(H,28,31)/t22-,23?,24+/m1/s1. The molecule has 1 aromatic rings. The zero-order valence-electron chi connectivity index (χ0n) is 18.4. The van der Waals surface area contributed by atoms with Gasteiger partial charge in [0.15, 0.2) is 0 Å². The van der Waals surface area contributed by atoms with Crippen molar-refractivity contribution < 1.29 is 9.90 Å². The molecule has 170 valence electrons. The summed E-state index contributed by atoms with van der Waals surface area (Å²) in [5.74, 6) is 0.615. The van der Waals surface area contributed by atoms with Crippen molar-refractivity contribution in [2.75, 3.05) is 6.54 Å². The summed E-state index contributed by atoms with van der Waals surface area (Å²) in [6.45, 7) is 3.02. The molecule has 0 spiro atoms. The predicted molar refractivity (Wildman–Crippen MR) is 126 cm³/mol. The first-order valence-corrected chi connectivity index (χ1v) is 12.6. The van der Waals surface area contributed by atoms with Crippen LogP contribution >= 0.6 is 23.2 Å². The summed E-state index contributed by atoms with van der Waals surface area (Å²) in [4.78, 5) is 15.7. The van der Waals surface area contributed by atoms with Gasteiger partial charge in [-0.1, -0.05) is 61.4 Å². The molecule has 6 heteroatoms. The van der Waals surface area contributed by atoms with Crippen molar-refractivity contribution in [2.24, 2.45) is 5.92 Å². The Bertz CT molecular complexity index is 835. The van der Waals surface area contributed by atoms with Crippen LogP contribution in [0.4, 0.5) is 0 Å². The van der Waals surface area contributed by atoms with Gasteiger partial charge in [0, 0.05) is 34.3 Å². The van der Waals surface area contributed by atoms with Crippen LogP contribution in [0, 0.1) is 5.92 Å². The van der Waals surface area contributed by atoms with Gasteiger partial charge in [-0.3, -0.25) is 4.79 Å². The Kier molecular flexibility index (Phi) is 7.51. The number of amides is 1. The third-order valence-electron chi connectivity index (χ3n) is 7.46. The molecule has 1 heterocycles. The molecule has 3 aliphatic rings. The summed E-state index contributed by atoms with van der Waals surface area (Å²) in [7, 11) is 0. The maximum Gasteiger partial charge on any atom is 0.249 e. The highest BCUT2D eigenvalue weighted by Crippen LogP contribution is 2.43. The van der Waals surface area contributed by atoms with Gasteiger partial charge in [0.1, 0.15) is 0 Å². The van der Waals surface area contributed by atoms with Gasteiger partial charge in [0.2, 0.25) is 5.91 Å². The van der Waals surface area contributed by atoms with Crippen LogP contribution in [0.5, 0.6) is 0 Å². The van der Waals surface area contributed by atoms with Crippen molar-refractivity contribution in [3.05, 3.63) is 45.1 Å². The van der Waals surface area contributed by atoms with Gasteiger partial charge in [-0.15, -0.1) is 0 Å². The Balaban J connectivity index is 1.57. The number of nitrogens with zero attached hydrogens (tertiary/aromatic N) is 1. The van der Waals surface area contributed by atoms with Crippen LogP contribution < -0.4 is 5.32 Å². The molecule has 3 atom stereocenters. The molecule has 2 aliphatic carbocycles. The summed E-state index contributed by atoms with van der Waals surface area (Å²) >= 11 is 12.8. The second-order valence-corrected chi connectivity index (χ2v) is 10.4. The number of aliphatic hydroxyl groups excluding tert-OH is 1. The smallest absolute Gasteiger partial charge is 0.249 e. The van der Waals surface area contributed by atoms with Gasteiger partial charge in [-0.2, -0.15) is 0 Å². The van der Waals surface area contributed by atoms with Gasteiger partial charge in [0.25, 0.3) is 0 Å². The normalized spacial score (nSPS) is 27.6. The number of halogens is 2. The number of carbonyl (C=O) groups excluding carboxylic acids is 1. The fraction of sp³-hybridized carbons (Fsp3) is 0.640. The van der Waals surface area contributed by atoms with Crippen molar-refractivity contribution in [1.29, 1.82) is 0 Å². The first-order valence-electron chi connectivity index (χ1n) is 11.8. The molecule has 1 aromatic carbocycles. The monoisotopic (exact) mass is 464 g/mol. The van der Waals surface area contributed by atoms with Gasteiger partial charge < -0.3 is 15.3 Å². The summed E-state index contributed by atoms with van der Waals surface area (Å²) in [6.07, 6.45) is 10.3. The molecule has 4 nitrogen and oxygen atoms in total. The van der Waals surface area contributed by atoms with Crippen molar-refractivity contribution >= 4 is 29.1 Å². The van der Waals surface area contributed by atoms with Gasteiger partial charge >= 0.3 is 0 Å². The molecule has 1 aliphatic heterocycles. The minimum Gasteiger partial charge on any atom is -0.391 e. The maximum absolute atomic E-state index is 13.3. The van der Waals surface area contributed by atoms with E-state index in [-0.39, 0.29) is 18.0 Å². The van der Waals surface area contributed by atoms with Crippen LogP contribution in [0.25, 0.3) is 0 Å². The molecule has 2 fully saturated rings. The van der Waals surface area contributed by atoms with Crippen LogP contribution in [-0.2, 0) is 4.79 Å². The number of carbonyl (C=O) groups is 1. The maximum atomic E-state index is 13.3. The predicted octanol–water partition coefficient (Wildman–Crippen LogP) is 6.01. The first kappa shape index (κ1) is 22.9. The molecule has 0 radical (unpaired) electrons. The highest BCUT2D eigenvalue weighted by Gasteiger charge is 2.37. The lowest BCUT2D eigenvalue weighted by molar-refractivity contribution is -0.119. The SMILES string of the molecule is CC1=C(C(=O)N[C@@H]2CCCC[C@@H]2O)CC(c2ccc(Cl)cc2Cl)N1CC1CCCCC1. The molecule has 2 saturated carbocycles. The molecule has 2 N–H and O–H groups in total. The van der Waals surface area contributed by atoms with E-state index in [2.05, 4.69) is 17.1 Å². The molecular weight excluding hydrogens is 431 g/mol. The van der Waals surface area contributed by atoms with E-state index in [1.165, 1.54) is 32.1 Å². The van der Waals surface area contributed by atoms with Crippen LogP contribution in [0.3, 0.4) is 0 Å². The van der Waals surface area contributed by atoms with E-state index in [1.807, 2.05) is 12.1 Å². The van der Waals surface area contributed by atoms with E-state index in [1.54, 1.807) is 6.07 Å². The molecule has 1 unspecified atom stereocenters. The van der Waals surface area contributed by atoms with Crippen LogP contribution in [0.2, 0.25) is 10.0 Å². The van der Waals surface area contributed by atoms with Gasteiger partial charge in [-0.05, 0) is 56.2 Å². The summed E-state index contributed by atoms with van der Waals surface area (Å²) < 4.78 is 0. The lowest BCUT2D eigenvalue weighted by atomic mass is 9.88. The third-order valence-corrected chi connectivity index (χ3v) is 8.02. The quantitative estimate of drug-likeness (QED) is 0.560. The average molecular weight is 465 g/mol. The molecular formula is C25H34Cl2N2O2. The minimum absolute atomic E-state index is 0.0373. The Morgan fingerprint density at radius 1 is 1.10 bits per heavy atom. The van der Waals surface area contributed by atoms with Gasteiger partial charge in [-0.25, -0.2) is 0 Å². The van der Waals surface area contributed by atoms with Crippen molar-refractivity contribution in [3.8, 4) is 0 Å². The number of allylic oxidation sites excluding steroid dienone is 1. The largest absolute Gasteiger partial charge is 0.391 e. The van der Waals surface area contributed by atoms with Crippen LogP contribution in [-0.4, -0.2) is 34.6 Å². The van der Waals surface area contributed by atoms with E-state index < -0.39 is 6.10 Å². The number of benzene rings is 1. The van der Waals surface area contributed by atoms with E-state index in [9.17, 15) is 9.90 Å². The van der Waals surface area contributed by atoms with Crippen molar-refractivity contribution in [1.82, 2.24) is 10.2 Å². The van der Waals surface area contributed by atoms with Crippen LogP contribution in [0.1, 0.15) is 82.7 Å². The highest BCUT2D eigenvalue weighted by molar-refractivity contribution is 6.35. The summed E-state index contributed by atoms with van der Waals surface area (Å²) in [5.41, 5.74) is 2.90. The topological polar surface area (TPSA) is 52.6 Å². The minimum atomic E-state index is -0.445. The van der Waals surface area contributed by atoms with E-state index >= 15 is 0 Å². The van der Waals surface area contributed by atoms with E-state index in [0.29, 0.717) is 22.4 Å². The summed E-state index contributed by atoms with van der Waals surface area (Å²) in [6, 6.07) is 5.58. The Morgan fingerprint density at radius 2 is 1.81 bits per heavy atom. The zero-order valence-corrected chi connectivity index (χ0v) is 19.9. The highest BCUT2D eigenvalue weighted by atomic mass is 35.5. The third kappa shape index (κ3) is 5.23. The fourth-order valence-electron chi connectivity index (χ4n) is 5.61. The molecule has 0 saturated heterocycles. The Labute approximate surface area is 196 Å². The fourth-order valence-corrected chi connectivity index (χ4v) is 6.15. The Hall–Kier alpha value is -1.23. The lowest BCUT2D eigenvalue weighted by Gasteiger charge is -2.34. The number of rotatable bonds is 5. The number of hydrogen-bond acceptors (Lipinski definition) is 3. The second-order valence-electron chi connectivity index (χ2n) is 9.54. The lowest BCUT2D eigenvalue weighted by Crippen LogP contribution is -2.45.